The third-order valence-corrected chi connectivity index (χ3v) is 6.97. The van der Waals surface area contributed by atoms with Crippen LogP contribution in [0.1, 0.15) is 52.4 Å². The van der Waals surface area contributed by atoms with E-state index in [1.54, 1.807) is 0 Å². The summed E-state index contributed by atoms with van der Waals surface area (Å²) in [5, 5.41) is 3.82. The molecule has 1 spiro atoms. The number of ether oxygens (including phenoxy) is 2. The molecule has 7 heteroatoms. The molecule has 0 aromatic heterocycles. The highest BCUT2D eigenvalue weighted by molar-refractivity contribution is 14.0. The Hall–Kier alpha value is -0.570. The van der Waals surface area contributed by atoms with Crippen molar-refractivity contribution in [2.75, 3.05) is 32.8 Å². The van der Waals surface area contributed by atoms with E-state index in [1.807, 2.05) is 6.92 Å². The van der Waals surface area contributed by atoms with Crippen molar-refractivity contribution < 1.29 is 14.3 Å². The summed E-state index contributed by atoms with van der Waals surface area (Å²) in [6, 6.07) is 0.483. The average molecular weight is 491 g/mol. The smallest absolute Gasteiger partial charge is 0.310 e. The van der Waals surface area contributed by atoms with Gasteiger partial charge in [0.05, 0.1) is 18.6 Å². The molecular formula is C20H34IN3O3. The molecule has 2 aliphatic heterocycles. The molecule has 0 amide bonds. The first kappa shape index (κ1) is 21.1. The maximum absolute atomic E-state index is 12.2. The molecular weight excluding hydrogens is 457 g/mol. The van der Waals surface area contributed by atoms with Gasteiger partial charge in [-0.15, -0.1) is 24.0 Å². The van der Waals surface area contributed by atoms with E-state index in [1.165, 1.54) is 19.3 Å². The summed E-state index contributed by atoms with van der Waals surface area (Å²) < 4.78 is 11.3. The van der Waals surface area contributed by atoms with E-state index in [9.17, 15) is 4.79 Å². The predicted octanol–water partition coefficient (Wildman–Crippen LogP) is 2.80. The largest absolute Gasteiger partial charge is 0.466 e. The molecule has 2 saturated heterocycles. The second-order valence-electron chi connectivity index (χ2n) is 8.29. The third kappa shape index (κ3) is 3.70. The highest BCUT2D eigenvalue weighted by atomic mass is 127. The topological polar surface area (TPSA) is 63.2 Å². The summed E-state index contributed by atoms with van der Waals surface area (Å²) in [5.74, 6) is 1.52. The highest BCUT2D eigenvalue weighted by Crippen LogP contribution is 2.62. The molecule has 2 saturated carbocycles. The lowest BCUT2D eigenvalue weighted by atomic mass is 9.46. The first-order valence-corrected chi connectivity index (χ1v) is 10.5. The van der Waals surface area contributed by atoms with Crippen molar-refractivity contribution in [1.29, 1.82) is 0 Å². The number of hydrogen-bond donors (Lipinski definition) is 1. The first-order valence-electron chi connectivity index (χ1n) is 10.5. The maximum Gasteiger partial charge on any atom is 0.310 e. The van der Waals surface area contributed by atoms with Crippen LogP contribution in [-0.4, -0.2) is 61.8 Å². The lowest BCUT2D eigenvalue weighted by Crippen LogP contribution is -2.72. The number of guanidine groups is 1. The average Bonchev–Trinajstić information content (AvgIpc) is 3.02. The van der Waals surface area contributed by atoms with Gasteiger partial charge >= 0.3 is 5.97 Å². The minimum absolute atomic E-state index is 0. The van der Waals surface area contributed by atoms with E-state index in [2.05, 4.69) is 17.1 Å². The van der Waals surface area contributed by atoms with E-state index in [0.717, 1.165) is 51.5 Å². The van der Waals surface area contributed by atoms with E-state index in [0.29, 0.717) is 30.1 Å². The van der Waals surface area contributed by atoms with Crippen molar-refractivity contribution in [3.05, 3.63) is 0 Å². The van der Waals surface area contributed by atoms with Gasteiger partial charge in [0.15, 0.2) is 5.96 Å². The normalized spacial score (nSPS) is 34.1. The fourth-order valence-corrected chi connectivity index (χ4v) is 5.60. The number of hydrogen-bond acceptors (Lipinski definition) is 4. The zero-order valence-electron chi connectivity index (χ0n) is 16.6. The Bertz CT molecular complexity index is 567. The van der Waals surface area contributed by atoms with Crippen LogP contribution in [0.4, 0.5) is 0 Å². The van der Waals surface area contributed by atoms with Crippen LogP contribution in [0.25, 0.3) is 0 Å². The molecule has 4 atom stereocenters. The molecule has 2 heterocycles. The van der Waals surface area contributed by atoms with Crippen LogP contribution < -0.4 is 5.32 Å². The van der Waals surface area contributed by atoms with E-state index in [4.69, 9.17) is 14.5 Å². The lowest BCUT2D eigenvalue weighted by molar-refractivity contribution is -0.171. The van der Waals surface area contributed by atoms with E-state index >= 15 is 0 Å². The number of carbonyl (C=O) groups excluding carboxylic acids is 1. The van der Waals surface area contributed by atoms with Crippen LogP contribution in [0.15, 0.2) is 4.99 Å². The summed E-state index contributed by atoms with van der Waals surface area (Å²) >= 11 is 0. The van der Waals surface area contributed by atoms with Gasteiger partial charge in [-0.25, -0.2) is 0 Å². The summed E-state index contributed by atoms with van der Waals surface area (Å²) in [7, 11) is 0. The molecule has 154 valence electrons. The molecule has 4 unspecified atom stereocenters. The van der Waals surface area contributed by atoms with Crippen LogP contribution >= 0.6 is 24.0 Å². The van der Waals surface area contributed by atoms with Crippen LogP contribution in [0, 0.1) is 17.3 Å². The molecule has 4 rings (SSSR count). The van der Waals surface area contributed by atoms with Crippen molar-refractivity contribution in [1.82, 2.24) is 10.2 Å². The number of aliphatic imine (C=N–C) groups is 1. The van der Waals surface area contributed by atoms with Crippen LogP contribution in [0.5, 0.6) is 0 Å². The van der Waals surface area contributed by atoms with Crippen LogP contribution in [-0.2, 0) is 14.3 Å². The fraction of sp³-hybridized carbons (Fsp3) is 0.900. The molecule has 27 heavy (non-hydrogen) atoms. The predicted molar refractivity (Wildman–Crippen MR) is 115 cm³/mol. The zero-order valence-corrected chi connectivity index (χ0v) is 18.9. The number of likely N-dealkylation sites (tertiary alicyclic amines) is 1. The zero-order chi connectivity index (χ0) is 18.1. The third-order valence-electron chi connectivity index (χ3n) is 6.97. The van der Waals surface area contributed by atoms with Gasteiger partial charge in [-0.3, -0.25) is 9.79 Å². The summed E-state index contributed by atoms with van der Waals surface area (Å²) in [6.07, 6.45) is 7.42. The van der Waals surface area contributed by atoms with Gasteiger partial charge in [-0.05, 0) is 46.0 Å². The highest BCUT2D eigenvalue weighted by Gasteiger charge is 2.66. The van der Waals surface area contributed by atoms with Gasteiger partial charge in [-0.2, -0.15) is 0 Å². The Labute approximate surface area is 179 Å². The van der Waals surface area contributed by atoms with E-state index < -0.39 is 0 Å². The fourth-order valence-electron chi connectivity index (χ4n) is 5.60. The number of carbonyl (C=O) groups is 1. The van der Waals surface area contributed by atoms with Crippen molar-refractivity contribution >= 4 is 35.9 Å². The molecule has 4 fully saturated rings. The number of nitrogens with one attached hydrogen (secondary N) is 1. The van der Waals surface area contributed by atoms with Gasteiger partial charge in [0.2, 0.25) is 0 Å². The second-order valence-corrected chi connectivity index (χ2v) is 8.29. The van der Waals surface area contributed by atoms with Crippen molar-refractivity contribution in [3.63, 3.8) is 0 Å². The standard InChI is InChI=1S/C20H33N3O3.HI/c1-3-21-19(23-11-5-7-14(13-23)18(24)25-4-2)22-16-15-8-12-26-17(15)20(16)9-6-10-20;/h14-17H,3-13H2,1-2H3,(H,21,22);1H. The number of halogens is 1. The van der Waals surface area contributed by atoms with Crippen molar-refractivity contribution in [3.8, 4) is 0 Å². The summed E-state index contributed by atoms with van der Waals surface area (Å²) in [6.45, 7) is 7.75. The SMILES string of the molecule is CCN=C(NC1C2CCOC2C12CCC2)N1CCCC(C(=O)OCC)C1.I. The molecule has 4 aliphatic rings. The Morgan fingerprint density at radius 2 is 2.11 bits per heavy atom. The maximum atomic E-state index is 12.2. The van der Waals surface area contributed by atoms with Crippen molar-refractivity contribution in [2.24, 2.45) is 22.2 Å². The molecule has 1 N–H and O–H groups in total. The number of piperidine rings is 1. The summed E-state index contributed by atoms with van der Waals surface area (Å²) in [4.78, 5) is 19.3. The quantitative estimate of drug-likeness (QED) is 0.284. The van der Waals surface area contributed by atoms with Gasteiger partial charge in [-0.1, -0.05) is 6.42 Å². The minimum atomic E-state index is -0.0589. The first-order chi connectivity index (χ1) is 12.7. The molecule has 0 aromatic carbocycles. The van der Waals surface area contributed by atoms with Crippen LogP contribution in [0.2, 0.25) is 0 Å². The molecule has 0 radical (unpaired) electrons. The number of esters is 1. The summed E-state index contributed by atoms with van der Waals surface area (Å²) in [5.41, 5.74) is 0.339. The minimum Gasteiger partial charge on any atom is -0.466 e. The van der Waals surface area contributed by atoms with Gasteiger partial charge in [0, 0.05) is 43.6 Å². The Morgan fingerprint density at radius 1 is 1.30 bits per heavy atom. The monoisotopic (exact) mass is 491 g/mol. The van der Waals surface area contributed by atoms with Gasteiger partial charge in [0.25, 0.3) is 0 Å². The molecule has 0 bridgehead atoms. The van der Waals surface area contributed by atoms with Crippen molar-refractivity contribution in [2.45, 2.75) is 64.5 Å². The lowest BCUT2D eigenvalue weighted by Gasteiger charge is -2.63. The van der Waals surface area contributed by atoms with Gasteiger partial charge < -0.3 is 19.7 Å². The number of nitrogens with zero attached hydrogens (tertiary/aromatic N) is 2. The van der Waals surface area contributed by atoms with Gasteiger partial charge in [0.1, 0.15) is 0 Å². The van der Waals surface area contributed by atoms with Crippen LogP contribution in [0.3, 0.4) is 0 Å². The number of fused-ring (bicyclic) bond motifs is 2. The molecule has 2 aliphatic carbocycles. The second kappa shape index (κ2) is 8.84. The Kier molecular flexibility index (Phi) is 6.93. The molecule has 0 aromatic rings. The Morgan fingerprint density at radius 3 is 2.78 bits per heavy atom. The molecule has 6 nitrogen and oxygen atoms in total. The van der Waals surface area contributed by atoms with E-state index in [-0.39, 0.29) is 35.9 Å². The number of rotatable bonds is 4. The Balaban J connectivity index is 0.00000210.